The van der Waals surface area contributed by atoms with Crippen molar-refractivity contribution < 1.29 is 24.5 Å². The van der Waals surface area contributed by atoms with E-state index in [0.29, 0.717) is 27.6 Å². The minimum absolute atomic E-state index is 0.123. The Morgan fingerprint density at radius 3 is 2.41 bits per heavy atom. The number of aliphatic imine (C=N–C) groups is 1. The molecule has 0 saturated carbocycles. The third kappa shape index (κ3) is 3.58. The van der Waals surface area contributed by atoms with Crippen molar-refractivity contribution in [2.24, 2.45) is 4.99 Å². The quantitative estimate of drug-likeness (QED) is 0.459. The van der Waals surface area contributed by atoms with E-state index in [1.807, 2.05) is 6.07 Å². The molecular weight excluding hydrogens is 348 g/mol. The zero-order valence-corrected chi connectivity index (χ0v) is 14.8. The Kier molecular flexibility index (Phi) is 5.05. The van der Waals surface area contributed by atoms with Gasteiger partial charge in [-0.15, -0.1) is 0 Å². The van der Waals surface area contributed by atoms with Gasteiger partial charge in [0.05, 0.1) is 11.3 Å². The van der Waals surface area contributed by atoms with Crippen molar-refractivity contribution in [2.45, 2.75) is 13.2 Å². The van der Waals surface area contributed by atoms with Gasteiger partial charge in [0.2, 0.25) is 6.23 Å². The second-order valence-corrected chi connectivity index (χ2v) is 5.94. The van der Waals surface area contributed by atoms with E-state index in [-0.39, 0.29) is 17.4 Å². The maximum Gasteiger partial charge on any atom is 0.356 e. The Morgan fingerprint density at radius 1 is 1.11 bits per heavy atom. The number of H-pyrrole nitrogens is 1. The first-order valence-electron chi connectivity index (χ1n) is 8.17. The summed E-state index contributed by atoms with van der Waals surface area (Å²) in [6.07, 6.45) is -1.44. The number of methoxy groups -OCH3 is 1. The summed E-state index contributed by atoms with van der Waals surface area (Å²) in [5.74, 6) is -1.55. The van der Waals surface area contributed by atoms with Crippen LogP contribution in [-0.4, -0.2) is 46.0 Å². The van der Waals surface area contributed by atoms with Crippen LogP contribution >= 0.6 is 0 Å². The summed E-state index contributed by atoms with van der Waals surface area (Å²) >= 11 is 0. The summed E-state index contributed by atoms with van der Waals surface area (Å²) in [6.45, 7) is 1.45. The lowest BCUT2D eigenvalue weighted by molar-refractivity contribution is -0.147. The number of aromatic nitrogens is 1. The highest BCUT2D eigenvalue weighted by atomic mass is 16.5. The molecule has 138 valence electrons. The smallest absolute Gasteiger partial charge is 0.356 e. The number of aliphatic carboxylic acids is 1. The van der Waals surface area contributed by atoms with Crippen molar-refractivity contribution in [2.75, 3.05) is 7.11 Å². The van der Waals surface area contributed by atoms with Crippen molar-refractivity contribution in [3.05, 3.63) is 65.2 Å². The molecule has 0 bridgehead atoms. The molecule has 1 atom stereocenters. The molecule has 1 unspecified atom stereocenters. The van der Waals surface area contributed by atoms with E-state index in [1.54, 1.807) is 42.5 Å². The number of fused-ring (bicyclic) bond motifs is 1. The molecule has 7 heteroatoms. The van der Waals surface area contributed by atoms with Gasteiger partial charge in [0.1, 0.15) is 0 Å². The molecule has 0 fully saturated rings. The number of carbonyl (C=O) groups excluding carboxylic acids is 1. The van der Waals surface area contributed by atoms with Crippen LogP contribution in [0.1, 0.15) is 28.4 Å². The maximum atomic E-state index is 11.8. The van der Waals surface area contributed by atoms with Gasteiger partial charge in [-0.3, -0.25) is 4.79 Å². The Labute approximate surface area is 154 Å². The molecule has 1 aromatic heterocycles. The Bertz CT molecular complexity index is 1040. The summed E-state index contributed by atoms with van der Waals surface area (Å²) in [4.78, 5) is 30.2. The number of ether oxygens (including phenoxy) is 1. The molecular formula is C20H18N2O5. The first-order valence-corrected chi connectivity index (χ1v) is 8.17. The van der Waals surface area contributed by atoms with Gasteiger partial charge in [-0.25, -0.2) is 9.79 Å². The third-order valence-corrected chi connectivity index (χ3v) is 4.15. The van der Waals surface area contributed by atoms with Crippen LogP contribution in [0.5, 0.6) is 5.88 Å². The molecule has 0 spiro atoms. The summed E-state index contributed by atoms with van der Waals surface area (Å²) in [7, 11) is 1.24. The molecule has 7 nitrogen and oxygen atoms in total. The fraction of sp³-hybridized carbons (Fsp3) is 0.150. The fourth-order valence-electron chi connectivity index (χ4n) is 2.84. The number of hydrogen-bond donors (Lipinski definition) is 3. The van der Waals surface area contributed by atoms with Gasteiger partial charge >= 0.3 is 5.97 Å². The molecule has 3 aromatic rings. The number of Topliss-reactive ketones (excluding diaryl/α,β-unsaturated/α-hetero) is 1. The number of carbonyl (C=O) groups is 2. The van der Waals surface area contributed by atoms with E-state index < -0.39 is 12.2 Å². The van der Waals surface area contributed by atoms with Crippen molar-refractivity contribution in [1.29, 1.82) is 0 Å². The molecule has 0 amide bonds. The molecule has 2 aromatic carbocycles. The number of rotatable bonds is 6. The van der Waals surface area contributed by atoms with Crippen LogP contribution in [0.25, 0.3) is 10.9 Å². The van der Waals surface area contributed by atoms with Crippen molar-refractivity contribution in [1.82, 2.24) is 4.98 Å². The number of benzene rings is 2. The minimum Gasteiger partial charge on any atom is -0.494 e. The van der Waals surface area contributed by atoms with E-state index in [2.05, 4.69) is 9.98 Å². The highest BCUT2D eigenvalue weighted by molar-refractivity contribution is 6.22. The average molecular weight is 366 g/mol. The van der Waals surface area contributed by atoms with Crippen LogP contribution in [0, 0.1) is 0 Å². The zero-order chi connectivity index (χ0) is 19.6. The number of aromatic amines is 1. The first-order chi connectivity index (χ1) is 12.9. The molecule has 0 saturated heterocycles. The van der Waals surface area contributed by atoms with Gasteiger partial charge in [-0.2, -0.15) is 0 Å². The minimum atomic E-state index is -1.44. The first kappa shape index (κ1) is 18.3. The van der Waals surface area contributed by atoms with Crippen LogP contribution in [0.3, 0.4) is 0 Å². The second kappa shape index (κ2) is 7.43. The lowest BCUT2D eigenvalue weighted by Crippen LogP contribution is -2.22. The normalized spacial score (nSPS) is 12.9. The fourth-order valence-corrected chi connectivity index (χ4v) is 2.84. The van der Waals surface area contributed by atoms with Crippen LogP contribution < -0.4 is 0 Å². The molecule has 0 radical (unpaired) electrons. The highest BCUT2D eigenvalue weighted by Crippen LogP contribution is 2.31. The zero-order valence-electron chi connectivity index (χ0n) is 14.8. The maximum absolute atomic E-state index is 11.8. The number of aromatic hydroxyl groups is 1. The molecule has 3 N–H and O–H groups in total. The van der Waals surface area contributed by atoms with Gasteiger partial charge in [0.15, 0.2) is 11.7 Å². The second-order valence-electron chi connectivity index (χ2n) is 5.94. The lowest BCUT2D eigenvalue weighted by atomic mass is 9.99. The average Bonchev–Trinajstić information content (AvgIpc) is 2.98. The molecule has 0 aliphatic carbocycles. The van der Waals surface area contributed by atoms with Crippen molar-refractivity contribution in [3.8, 4) is 5.88 Å². The number of carboxylic acid groups (broad SMARTS) is 1. The Hall–Kier alpha value is -3.45. The van der Waals surface area contributed by atoms with Gasteiger partial charge < -0.3 is 19.9 Å². The van der Waals surface area contributed by atoms with Gasteiger partial charge in [0.25, 0.3) is 0 Å². The monoisotopic (exact) mass is 366 g/mol. The number of carboxylic acids is 1. The topological polar surface area (TPSA) is 112 Å². The van der Waals surface area contributed by atoms with Gasteiger partial charge in [-0.1, -0.05) is 30.3 Å². The van der Waals surface area contributed by atoms with Crippen LogP contribution in [0.4, 0.5) is 0 Å². The summed E-state index contributed by atoms with van der Waals surface area (Å²) in [5, 5.41) is 20.4. The van der Waals surface area contributed by atoms with E-state index in [1.165, 1.54) is 14.0 Å². The number of hydrogen-bond acceptors (Lipinski definition) is 5. The highest BCUT2D eigenvalue weighted by Gasteiger charge is 2.23. The van der Waals surface area contributed by atoms with E-state index in [0.717, 1.165) is 0 Å². The number of nitrogens with one attached hydrogen (secondary N) is 1. The van der Waals surface area contributed by atoms with Crippen molar-refractivity contribution >= 4 is 28.4 Å². The van der Waals surface area contributed by atoms with Gasteiger partial charge in [0, 0.05) is 29.1 Å². The summed E-state index contributed by atoms with van der Waals surface area (Å²) in [6, 6.07) is 13.8. The van der Waals surface area contributed by atoms with Crippen LogP contribution in [0.15, 0.2) is 53.5 Å². The third-order valence-electron chi connectivity index (χ3n) is 4.15. The lowest BCUT2D eigenvalue weighted by Gasteiger charge is -2.11. The predicted molar refractivity (Wildman–Crippen MR) is 100 cm³/mol. The summed E-state index contributed by atoms with van der Waals surface area (Å²) < 4.78 is 4.94. The Morgan fingerprint density at radius 2 is 1.81 bits per heavy atom. The molecule has 3 rings (SSSR count). The number of nitrogens with zero attached hydrogens (tertiary/aromatic N) is 1. The Balaban J connectivity index is 2.31. The molecule has 0 aliphatic rings. The molecule has 27 heavy (non-hydrogen) atoms. The van der Waals surface area contributed by atoms with Gasteiger partial charge in [-0.05, 0) is 25.1 Å². The van der Waals surface area contributed by atoms with Crippen LogP contribution in [0.2, 0.25) is 0 Å². The van der Waals surface area contributed by atoms with E-state index in [4.69, 9.17) is 4.74 Å². The predicted octanol–water partition coefficient (Wildman–Crippen LogP) is 2.97. The SMILES string of the molecule is COC(N=C(c1ccccc1)c1c(O)[nH]c2ccc(C(C)=O)cc12)C(=O)O. The van der Waals surface area contributed by atoms with Crippen molar-refractivity contribution in [3.63, 3.8) is 0 Å². The molecule has 0 aliphatic heterocycles. The molecule has 1 heterocycles. The largest absolute Gasteiger partial charge is 0.494 e. The number of ketones is 1. The standard InChI is InChI=1S/C20H18N2O5/c1-11(23)13-8-9-15-14(10-13)16(18(24)21-15)17(12-6-4-3-5-7-12)22-19(27-2)20(25)26/h3-10,19,21,24H,1-2H3,(H,25,26). The van der Waals surface area contributed by atoms with Crippen LogP contribution in [-0.2, 0) is 9.53 Å². The van der Waals surface area contributed by atoms with E-state index in [9.17, 15) is 19.8 Å². The van der Waals surface area contributed by atoms with E-state index >= 15 is 0 Å². The summed E-state index contributed by atoms with van der Waals surface area (Å²) in [5.41, 5.74) is 2.22.